The third-order valence-electron chi connectivity index (χ3n) is 5.84. The maximum absolute atomic E-state index is 13.4. The predicted molar refractivity (Wildman–Crippen MR) is 141 cm³/mol. The Bertz CT molecular complexity index is 863. The first-order valence-corrected chi connectivity index (χ1v) is 14.8. The lowest BCUT2D eigenvalue weighted by atomic mass is 10.1. The van der Waals surface area contributed by atoms with Gasteiger partial charge in [0.05, 0.1) is 19.1 Å². The quantitative estimate of drug-likeness (QED) is 0.0975. The maximum Gasteiger partial charge on any atom is 0.326 e. The fraction of sp³-hybridized carbons (Fsp3) is 0.727. The molecule has 0 aliphatic carbocycles. The van der Waals surface area contributed by atoms with Crippen LogP contribution in [0.2, 0.25) is 0 Å². The van der Waals surface area contributed by atoms with Crippen LogP contribution in [0.15, 0.2) is 0 Å². The first-order valence-electron chi connectivity index (χ1n) is 12.0. The van der Waals surface area contributed by atoms with Gasteiger partial charge in [-0.1, -0.05) is 0 Å². The van der Waals surface area contributed by atoms with E-state index in [0.29, 0.717) is 24.3 Å². The Labute approximate surface area is 229 Å². The highest BCUT2D eigenvalue weighted by molar-refractivity contribution is 7.98. The molecule has 1 aliphatic rings. The molecule has 0 radical (unpaired) electrons. The predicted octanol–water partition coefficient (Wildman–Crippen LogP) is -2.18. The number of aliphatic carboxylic acids is 2. The molecule has 1 fully saturated rings. The van der Waals surface area contributed by atoms with Crippen LogP contribution in [-0.4, -0.2) is 123 Å². The van der Waals surface area contributed by atoms with Gasteiger partial charge in [-0.2, -0.15) is 23.5 Å². The van der Waals surface area contributed by atoms with Crippen LogP contribution in [-0.2, 0) is 28.8 Å². The molecule has 0 aromatic carbocycles. The molecule has 14 nitrogen and oxygen atoms in total. The number of carboxylic acids is 2. The number of amides is 4. The second kappa shape index (κ2) is 17.1. The van der Waals surface area contributed by atoms with Crippen molar-refractivity contribution in [3.63, 3.8) is 0 Å². The van der Waals surface area contributed by atoms with Gasteiger partial charge in [0, 0.05) is 6.54 Å². The molecule has 0 spiro atoms. The zero-order chi connectivity index (χ0) is 28.8. The molecule has 0 unspecified atom stereocenters. The molecule has 16 heteroatoms. The summed E-state index contributed by atoms with van der Waals surface area (Å²) in [7, 11) is 0. The van der Waals surface area contributed by atoms with Crippen LogP contribution in [0.5, 0.6) is 0 Å². The fourth-order valence-electron chi connectivity index (χ4n) is 3.76. The summed E-state index contributed by atoms with van der Waals surface area (Å²) in [5, 5.41) is 34.9. The van der Waals surface area contributed by atoms with Crippen LogP contribution in [0.25, 0.3) is 0 Å². The molecule has 0 saturated carbocycles. The minimum Gasteiger partial charge on any atom is -0.481 e. The molecule has 1 saturated heterocycles. The van der Waals surface area contributed by atoms with Gasteiger partial charge >= 0.3 is 11.9 Å². The smallest absolute Gasteiger partial charge is 0.326 e. The number of nitrogens with zero attached hydrogens (tertiary/aromatic N) is 1. The number of aliphatic hydroxyl groups excluding tert-OH is 1. The number of thioether (sulfide) groups is 2. The summed E-state index contributed by atoms with van der Waals surface area (Å²) in [4.78, 5) is 74.9. The number of nitrogens with two attached hydrogens (primary N) is 1. The largest absolute Gasteiger partial charge is 0.481 e. The Hall–Kier alpha value is -2.56. The number of aliphatic hydroxyl groups is 1. The highest BCUT2D eigenvalue weighted by Gasteiger charge is 2.39. The van der Waals surface area contributed by atoms with E-state index < -0.39 is 78.8 Å². The molecule has 1 heterocycles. The van der Waals surface area contributed by atoms with Crippen LogP contribution in [0, 0.1) is 0 Å². The molecular formula is C22H37N5O9S2. The Kier molecular flexibility index (Phi) is 15.1. The van der Waals surface area contributed by atoms with Crippen molar-refractivity contribution in [3.05, 3.63) is 0 Å². The van der Waals surface area contributed by atoms with E-state index >= 15 is 0 Å². The molecule has 0 aromatic heterocycles. The summed E-state index contributed by atoms with van der Waals surface area (Å²) in [5.41, 5.74) is 5.82. The fourth-order valence-corrected chi connectivity index (χ4v) is 4.72. The second-order valence-corrected chi connectivity index (χ2v) is 10.6. The highest BCUT2D eigenvalue weighted by Crippen LogP contribution is 2.20. The Balaban J connectivity index is 2.96. The van der Waals surface area contributed by atoms with Gasteiger partial charge in [0.15, 0.2) is 0 Å². The van der Waals surface area contributed by atoms with Gasteiger partial charge in [-0.25, -0.2) is 4.79 Å². The van der Waals surface area contributed by atoms with E-state index in [1.165, 1.54) is 28.4 Å². The first-order chi connectivity index (χ1) is 18.0. The Morgan fingerprint density at radius 1 is 0.921 bits per heavy atom. The molecule has 1 rings (SSSR count). The van der Waals surface area contributed by atoms with Crippen LogP contribution >= 0.6 is 23.5 Å². The lowest BCUT2D eigenvalue weighted by molar-refractivity contribution is -0.148. The number of hydrogen-bond donors (Lipinski definition) is 7. The van der Waals surface area contributed by atoms with Gasteiger partial charge in [0.1, 0.15) is 24.2 Å². The average molecular weight is 580 g/mol. The molecule has 8 N–H and O–H groups in total. The Morgan fingerprint density at radius 3 is 2.08 bits per heavy atom. The minimum absolute atomic E-state index is 0.170. The summed E-state index contributed by atoms with van der Waals surface area (Å²) in [6, 6.07) is -6.03. The van der Waals surface area contributed by atoms with Crippen LogP contribution < -0.4 is 21.7 Å². The van der Waals surface area contributed by atoms with Crippen molar-refractivity contribution in [1.29, 1.82) is 0 Å². The third kappa shape index (κ3) is 10.7. The van der Waals surface area contributed by atoms with E-state index in [1.54, 1.807) is 6.26 Å². The topological polar surface area (TPSA) is 228 Å². The number of carbonyl (C=O) groups is 6. The number of carbonyl (C=O) groups excluding carboxylic acids is 4. The van der Waals surface area contributed by atoms with Gasteiger partial charge in [-0.05, 0) is 49.7 Å². The standard InChI is InChI=1S/C22H37N5O9S2/c1-37-8-5-12(23)18(31)26-15(11-28)19(32)24-13(6-9-38-2)21(34)27-7-3-4-16(27)20(33)25-14(22(35)36)10-17(29)30/h12-16,28H,3-11,23H2,1-2H3,(H,24,32)(H,25,33)(H,26,31)(H,29,30)(H,35,36)/t12-,13-,14-,15-,16-/m0/s1. The number of rotatable bonds is 17. The molecular weight excluding hydrogens is 542 g/mol. The summed E-state index contributed by atoms with van der Waals surface area (Å²) < 4.78 is 0. The van der Waals surface area contributed by atoms with Crippen molar-refractivity contribution < 1.29 is 44.1 Å². The van der Waals surface area contributed by atoms with E-state index in [4.69, 9.17) is 10.8 Å². The monoisotopic (exact) mass is 579 g/mol. The molecule has 4 amide bonds. The lowest BCUT2D eigenvalue weighted by Gasteiger charge is -2.30. The van der Waals surface area contributed by atoms with Gasteiger partial charge in [-0.3, -0.25) is 24.0 Å². The number of likely N-dealkylation sites (tertiary alicyclic amines) is 1. The normalized spacial score (nSPS) is 18.1. The van der Waals surface area contributed by atoms with Gasteiger partial charge in [-0.15, -0.1) is 0 Å². The second-order valence-electron chi connectivity index (χ2n) is 8.66. The van der Waals surface area contributed by atoms with Crippen molar-refractivity contribution in [2.75, 3.05) is 37.2 Å². The van der Waals surface area contributed by atoms with Crippen LogP contribution in [0.3, 0.4) is 0 Å². The minimum atomic E-state index is -1.67. The van der Waals surface area contributed by atoms with Crippen LogP contribution in [0.1, 0.15) is 32.1 Å². The molecule has 1 aliphatic heterocycles. The van der Waals surface area contributed by atoms with Gasteiger partial charge < -0.3 is 41.9 Å². The lowest BCUT2D eigenvalue weighted by Crippen LogP contribution is -2.59. The van der Waals surface area contributed by atoms with Crippen molar-refractivity contribution in [2.45, 2.75) is 62.3 Å². The first kappa shape index (κ1) is 33.5. The number of nitrogens with one attached hydrogen (secondary N) is 3. The summed E-state index contributed by atoms with van der Waals surface area (Å²) in [5.74, 6) is -4.65. The zero-order valence-corrected chi connectivity index (χ0v) is 23.0. The maximum atomic E-state index is 13.4. The molecule has 0 bridgehead atoms. The summed E-state index contributed by atoms with van der Waals surface area (Å²) in [6.45, 7) is -0.561. The van der Waals surface area contributed by atoms with E-state index in [9.17, 15) is 39.0 Å². The average Bonchev–Trinajstić information content (AvgIpc) is 3.36. The third-order valence-corrected chi connectivity index (χ3v) is 7.13. The van der Waals surface area contributed by atoms with E-state index in [-0.39, 0.29) is 19.4 Å². The van der Waals surface area contributed by atoms with Crippen molar-refractivity contribution >= 4 is 59.1 Å². The number of carboxylic acid groups (broad SMARTS) is 2. The molecule has 5 atom stereocenters. The van der Waals surface area contributed by atoms with E-state index in [0.717, 1.165) is 0 Å². The van der Waals surface area contributed by atoms with Crippen molar-refractivity contribution in [3.8, 4) is 0 Å². The SMILES string of the molecule is CSCC[C@H](NC(=O)[C@H](CO)NC(=O)[C@@H](N)CCSC)C(=O)N1CCC[C@H]1C(=O)N[C@@H](CC(=O)O)C(=O)O. The molecule has 38 heavy (non-hydrogen) atoms. The van der Waals surface area contributed by atoms with Crippen molar-refractivity contribution in [2.24, 2.45) is 5.73 Å². The zero-order valence-electron chi connectivity index (χ0n) is 21.4. The van der Waals surface area contributed by atoms with E-state index in [1.807, 2.05) is 6.26 Å². The van der Waals surface area contributed by atoms with Gasteiger partial charge in [0.2, 0.25) is 23.6 Å². The van der Waals surface area contributed by atoms with E-state index in [2.05, 4.69) is 16.0 Å². The van der Waals surface area contributed by atoms with Crippen LogP contribution in [0.4, 0.5) is 0 Å². The Morgan fingerprint density at radius 2 is 1.53 bits per heavy atom. The summed E-state index contributed by atoms with van der Waals surface area (Å²) >= 11 is 2.92. The highest BCUT2D eigenvalue weighted by atomic mass is 32.2. The van der Waals surface area contributed by atoms with Gasteiger partial charge in [0.25, 0.3) is 0 Å². The summed E-state index contributed by atoms with van der Waals surface area (Å²) in [6.07, 6.45) is 4.05. The van der Waals surface area contributed by atoms with Crippen molar-refractivity contribution in [1.82, 2.24) is 20.9 Å². The number of hydrogen-bond acceptors (Lipinski definition) is 10. The molecule has 0 aromatic rings. The molecule has 216 valence electrons.